The summed E-state index contributed by atoms with van der Waals surface area (Å²) in [6.07, 6.45) is 1.25. The first kappa shape index (κ1) is 22.5. The van der Waals surface area contributed by atoms with Gasteiger partial charge in [0.1, 0.15) is 0 Å². The molecule has 0 aliphatic rings. The van der Waals surface area contributed by atoms with Crippen LogP contribution in [0.1, 0.15) is 39.7 Å². The molecule has 0 saturated heterocycles. The Morgan fingerprint density at radius 1 is 0.680 bits per heavy atom. The number of hydrogen-bond acceptors (Lipinski definition) is 2. The van der Waals surface area contributed by atoms with Gasteiger partial charge in [0.15, 0.2) is 0 Å². The topological polar surface area (TPSA) is 24.7 Å². The van der Waals surface area contributed by atoms with Gasteiger partial charge in [0, 0.05) is 7.05 Å². The molecule has 134 valence electrons. The normalized spacial score (nSPS) is 9.20. The van der Waals surface area contributed by atoms with Crippen molar-refractivity contribution in [1.82, 2.24) is 0 Å². The summed E-state index contributed by atoms with van der Waals surface area (Å²) in [6, 6.07) is 24.6. The third kappa shape index (κ3) is 10.1. The van der Waals surface area contributed by atoms with Gasteiger partial charge in [-0.25, -0.2) is 0 Å². The average Bonchev–Trinajstić information content (AvgIpc) is 2.67. The highest BCUT2D eigenvalue weighted by Crippen LogP contribution is 2.12. The first-order chi connectivity index (χ1) is 12.2. The molecule has 3 aromatic carbocycles. The molecule has 0 amide bonds. The Morgan fingerprint density at radius 3 is 1.36 bits per heavy atom. The number of nitrogens with zero attached hydrogens (tertiary/aromatic N) is 2. The maximum Gasteiger partial charge on any atom is 0.0852 e. The second-order valence-corrected chi connectivity index (χ2v) is 5.19. The molecule has 0 aliphatic carbocycles. The molecule has 0 fully saturated rings. The van der Waals surface area contributed by atoms with Crippen molar-refractivity contribution in [2.45, 2.75) is 41.0 Å². The average molecular weight is 337 g/mol. The van der Waals surface area contributed by atoms with E-state index in [0.29, 0.717) is 0 Å². The van der Waals surface area contributed by atoms with E-state index in [1.54, 1.807) is 7.05 Å². The lowest BCUT2D eigenvalue weighted by Crippen LogP contribution is -1.67. The van der Waals surface area contributed by atoms with Gasteiger partial charge in [0.05, 0.1) is 5.69 Å². The smallest absolute Gasteiger partial charge is 0.0852 e. The third-order valence-electron chi connectivity index (χ3n) is 2.91. The van der Waals surface area contributed by atoms with Gasteiger partial charge in [0.2, 0.25) is 0 Å². The molecule has 3 rings (SSSR count). The number of benzene rings is 3. The highest BCUT2D eigenvalue weighted by molar-refractivity contribution is 5.81. The summed E-state index contributed by atoms with van der Waals surface area (Å²) in [4.78, 5) is 0. The molecule has 0 heterocycles. The highest BCUT2D eigenvalue weighted by atomic mass is 15.1. The molecular weight excluding hydrogens is 304 g/mol. The summed E-state index contributed by atoms with van der Waals surface area (Å²) < 4.78 is 0. The number of hydrogen-bond donors (Lipinski definition) is 0. The SMILES string of the molecule is CC.CCC.CN=Nc1ccc(C)cc1.c1ccc2ccccc2c1. The van der Waals surface area contributed by atoms with Crippen LogP contribution in [-0.4, -0.2) is 7.05 Å². The van der Waals surface area contributed by atoms with Gasteiger partial charge in [-0.2, -0.15) is 10.2 Å². The summed E-state index contributed by atoms with van der Waals surface area (Å²) in [5.41, 5.74) is 2.16. The van der Waals surface area contributed by atoms with Crippen LogP contribution < -0.4 is 0 Å². The zero-order valence-electron chi connectivity index (χ0n) is 16.5. The van der Waals surface area contributed by atoms with Crippen LogP contribution in [0.2, 0.25) is 0 Å². The number of azo groups is 1. The summed E-state index contributed by atoms with van der Waals surface area (Å²) in [5.74, 6) is 0. The maximum absolute atomic E-state index is 3.87. The summed E-state index contributed by atoms with van der Waals surface area (Å²) in [7, 11) is 1.67. The first-order valence-electron chi connectivity index (χ1n) is 9.01. The van der Waals surface area contributed by atoms with Crippen molar-refractivity contribution in [3.8, 4) is 0 Å². The molecule has 0 radical (unpaired) electrons. The van der Waals surface area contributed by atoms with E-state index in [2.05, 4.69) is 72.6 Å². The molecule has 0 bridgehead atoms. The lowest BCUT2D eigenvalue weighted by Gasteiger charge is -1.92. The van der Waals surface area contributed by atoms with Crippen LogP contribution >= 0.6 is 0 Å². The maximum atomic E-state index is 3.87. The van der Waals surface area contributed by atoms with Crippen LogP contribution in [0.5, 0.6) is 0 Å². The fraction of sp³-hybridized carbons (Fsp3) is 0.304. The Kier molecular flexibility index (Phi) is 13.6. The molecular formula is C23H32N2. The lowest BCUT2D eigenvalue weighted by molar-refractivity contribution is 1.09. The summed E-state index contributed by atoms with van der Waals surface area (Å²) in [6.45, 7) is 10.3. The lowest BCUT2D eigenvalue weighted by atomic mass is 10.1. The first-order valence-corrected chi connectivity index (χ1v) is 9.01. The van der Waals surface area contributed by atoms with E-state index in [4.69, 9.17) is 0 Å². The fourth-order valence-electron chi connectivity index (χ4n) is 1.86. The predicted molar refractivity (Wildman–Crippen MR) is 113 cm³/mol. The van der Waals surface area contributed by atoms with Crippen LogP contribution in [-0.2, 0) is 0 Å². The van der Waals surface area contributed by atoms with E-state index in [-0.39, 0.29) is 0 Å². The predicted octanol–water partition coefficient (Wildman–Crippen LogP) is 7.99. The highest BCUT2D eigenvalue weighted by Gasteiger charge is 1.86. The van der Waals surface area contributed by atoms with Crippen LogP contribution in [0, 0.1) is 6.92 Å². The van der Waals surface area contributed by atoms with E-state index < -0.39 is 0 Å². The summed E-state index contributed by atoms with van der Waals surface area (Å²) in [5, 5.41) is 10.2. The van der Waals surface area contributed by atoms with Crippen molar-refractivity contribution < 1.29 is 0 Å². The Hall–Kier alpha value is -2.48. The molecule has 0 unspecified atom stereocenters. The minimum absolute atomic E-state index is 0.910. The molecule has 0 saturated carbocycles. The van der Waals surface area contributed by atoms with Crippen LogP contribution in [0.4, 0.5) is 5.69 Å². The van der Waals surface area contributed by atoms with Gasteiger partial charge in [-0.05, 0) is 29.8 Å². The zero-order valence-corrected chi connectivity index (χ0v) is 16.5. The molecule has 0 spiro atoms. The van der Waals surface area contributed by atoms with Gasteiger partial charge in [0.25, 0.3) is 0 Å². The monoisotopic (exact) mass is 336 g/mol. The Balaban J connectivity index is 0.000000368. The van der Waals surface area contributed by atoms with Crippen LogP contribution in [0.15, 0.2) is 83.0 Å². The third-order valence-corrected chi connectivity index (χ3v) is 2.91. The van der Waals surface area contributed by atoms with Crippen molar-refractivity contribution in [2.75, 3.05) is 7.05 Å². The molecule has 0 N–H and O–H groups in total. The fourth-order valence-corrected chi connectivity index (χ4v) is 1.86. The Bertz CT molecular complexity index is 635. The standard InChI is InChI=1S/C10H8.C8H10N2.C3H8.C2H6/c1-2-6-10-8-4-3-7-9(10)5-1;1-7-3-5-8(6-4-7)10-9-2;1-3-2;1-2/h1-8H;3-6H,1-2H3;3H2,1-2H3;1-2H3. The molecule has 0 atom stereocenters. The van der Waals surface area contributed by atoms with E-state index in [0.717, 1.165) is 5.69 Å². The minimum atomic E-state index is 0.910. The molecule has 0 aliphatic heterocycles. The van der Waals surface area contributed by atoms with E-state index in [1.165, 1.54) is 22.8 Å². The molecule has 3 aromatic rings. The molecule has 25 heavy (non-hydrogen) atoms. The van der Waals surface area contributed by atoms with E-state index in [1.807, 2.05) is 45.0 Å². The number of fused-ring (bicyclic) bond motifs is 1. The van der Waals surface area contributed by atoms with Gasteiger partial charge in [-0.1, -0.05) is 100 Å². The molecule has 0 aromatic heterocycles. The summed E-state index contributed by atoms with van der Waals surface area (Å²) >= 11 is 0. The Labute approximate surface area is 153 Å². The van der Waals surface area contributed by atoms with Crippen molar-refractivity contribution in [2.24, 2.45) is 10.2 Å². The molecule has 2 heteroatoms. The van der Waals surface area contributed by atoms with Crippen LogP contribution in [0.3, 0.4) is 0 Å². The van der Waals surface area contributed by atoms with Crippen molar-refractivity contribution >= 4 is 16.5 Å². The quantitative estimate of drug-likeness (QED) is 0.402. The molecule has 2 nitrogen and oxygen atoms in total. The van der Waals surface area contributed by atoms with Crippen molar-refractivity contribution in [3.63, 3.8) is 0 Å². The van der Waals surface area contributed by atoms with E-state index in [9.17, 15) is 0 Å². The van der Waals surface area contributed by atoms with Gasteiger partial charge in [-0.3, -0.25) is 0 Å². The zero-order chi connectivity index (χ0) is 18.9. The van der Waals surface area contributed by atoms with Crippen molar-refractivity contribution in [3.05, 3.63) is 78.4 Å². The van der Waals surface area contributed by atoms with Gasteiger partial charge in [-0.15, -0.1) is 0 Å². The number of rotatable bonds is 1. The largest absolute Gasteiger partial charge is 0.192 e. The minimum Gasteiger partial charge on any atom is -0.192 e. The Morgan fingerprint density at radius 2 is 1.04 bits per heavy atom. The van der Waals surface area contributed by atoms with Crippen LogP contribution in [0.25, 0.3) is 10.8 Å². The van der Waals surface area contributed by atoms with Crippen molar-refractivity contribution in [1.29, 1.82) is 0 Å². The van der Waals surface area contributed by atoms with E-state index >= 15 is 0 Å². The number of aryl methyl sites for hydroxylation is 1. The second kappa shape index (κ2) is 15.1. The van der Waals surface area contributed by atoms with Gasteiger partial charge < -0.3 is 0 Å². The second-order valence-electron chi connectivity index (χ2n) is 5.19. The van der Waals surface area contributed by atoms with Gasteiger partial charge >= 0.3 is 0 Å².